The lowest BCUT2D eigenvalue weighted by molar-refractivity contribution is -0.121. The third kappa shape index (κ3) is 5.24. The molecule has 4 aromatic rings. The fourth-order valence-electron chi connectivity index (χ4n) is 4.70. The molecular formula is C28H29N5O2. The summed E-state index contributed by atoms with van der Waals surface area (Å²) >= 11 is 0. The number of nitrogens with one attached hydrogen (secondary N) is 3. The topological polar surface area (TPSA) is 99.8 Å². The van der Waals surface area contributed by atoms with E-state index in [0.717, 1.165) is 53.9 Å². The lowest BCUT2D eigenvalue weighted by atomic mass is 9.80. The average Bonchev–Trinajstić information content (AvgIpc) is 3.33. The summed E-state index contributed by atoms with van der Waals surface area (Å²) in [5, 5.41) is 5.86. The Morgan fingerprint density at radius 1 is 0.971 bits per heavy atom. The zero-order valence-corrected chi connectivity index (χ0v) is 19.8. The number of carbonyl (C=O) groups excluding carboxylic acids is 2. The first-order valence-corrected chi connectivity index (χ1v) is 12.2. The van der Waals surface area contributed by atoms with Gasteiger partial charge in [-0.3, -0.25) is 9.59 Å². The highest BCUT2D eigenvalue weighted by Gasteiger charge is 2.25. The third-order valence-corrected chi connectivity index (χ3v) is 6.87. The number of pyridine rings is 1. The Balaban J connectivity index is 1.25. The molecule has 0 aliphatic heterocycles. The van der Waals surface area contributed by atoms with Crippen molar-refractivity contribution in [3.05, 3.63) is 72.4 Å². The van der Waals surface area contributed by atoms with Gasteiger partial charge in [-0.25, -0.2) is 9.97 Å². The molecule has 0 atom stereocenters. The van der Waals surface area contributed by atoms with Crippen LogP contribution in [-0.4, -0.2) is 26.8 Å². The Hall–Kier alpha value is -4.00. The maximum atomic E-state index is 12.7. The number of amides is 2. The Labute approximate surface area is 204 Å². The minimum absolute atomic E-state index is 0.108. The Morgan fingerprint density at radius 3 is 2.49 bits per heavy atom. The number of hydrogen-bond acceptors (Lipinski definition) is 4. The number of carbonyl (C=O) groups is 2. The van der Waals surface area contributed by atoms with E-state index in [0.29, 0.717) is 17.2 Å². The molecule has 2 heterocycles. The van der Waals surface area contributed by atoms with E-state index < -0.39 is 0 Å². The molecule has 3 N–H and O–H groups in total. The molecule has 178 valence electrons. The van der Waals surface area contributed by atoms with Crippen molar-refractivity contribution >= 4 is 34.4 Å². The summed E-state index contributed by atoms with van der Waals surface area (Å²) in [6, 6.07) is 18.4. The summed E-state index contributed by atoms with van der Waals surface area (Å²) in [7, 11) is 0. The standard InChI is InChI=1S/C28H29N5O2/c1-2-18-6-8-20(9-7-18)27(34)30-22-13-10-19(11-14-22)26-31-23-15-12-21(17-24(23)32-26)28(35)33-25-5-3-4-16-29-25/h3-5,10-18,20H,2,6-9H2,1H3,(H,30,34)(H,31,32)(H,29,33,35). The van der Waals surface area contributed by atoms with Gasteiger partial charge >= 0.3 is 0 Å². The van der Waals surface area contributed by atoms with Crippen molar-refractivity contribution in [2.24, 2.45) is 11.8 Å². The van der Waals surface area contributed by atoms with Crippen LogP contribution >= 0.6 is 0 Å². The SMILES string of the molecule is CCC1CCC(C(=O)Nc2ccc(-c3nc4ccc(C(=O)Nc5ccccn5)cc4[nH]3)cc2)CC1. The Bertz CT molecular complexity index is 1320. The second-order valence-electron chi connectivity index (χ2n) is 9.18. The van der Waals surface area contributed by atoms with E-state index in [4.69, 9.17) is 0 Å². The van der Waals surface area contributed by atoms with Crippen LogP contribution < -0.4 is 10.6 Å². The van der Waals surface area contributed by atoms with Crippen LogP contribution in [0.3, 0.4) is 0 Å². The number of anilines is 2. The number of H-pyrrole nitrogens is 1. The molecule has 7 heteroatoms. The van der Waals surface area contributed by atoms with E-state index >= 15 is 0 Å². The predicted octanol–water partition coefficient (Wildman–Crippen LogP) is 6.03. The molecule has 0 saturated heterocycles. The summed E-state index contributed by atoms with van der Waals surface area (Å²) in [5.74, 6) is 1.98. The largest absolute Gasteiger partial charge is 0.338 e. The fraction of sp³-hybridized carbons (Fsp3) is 0.286. The zero-order valence-electron chi connectivity index (χ0n) is 19.8. The first-order chi connectivity index (χ1) is 17.1. The number of fused-ring (bicyclic) bond motifs is 1. The van der Waals surface area contributed by atoms with E-state index in [1.54, 1.807) is 30.5 Å². The third-order valence-electron chi connectivity index (χ3n) is 6.87. The molecule has 0 spiro atoms. The summed E-state index contributed by atoms with van der Waals surface area (Å²) in [4.78, 5) is 37.3. The molecule has 1 fully saturated rings. The molecule has 1 aliphatic carbocycles. The van der Waals surface area contributed by atoms with Crippen molar-refractivity contribution in [1.29, 1.82) is 0 Å². The van der Waals surface area contributed by atoms with E-state index in [2.05, 4.69) is 32.5 Å². The molecule has 5 rings (SSSR count). The van der Waals surface area contributed by atoms with Gasteiger partial charge in [0.05, 0.1) is 11.0 Å². The molecule has 7 nitrogen and oxygen atoms in total. The summed E-state index contributed by atoms with van der Waals surface area (Å²) < 4.78 is 0. The first-order valence-electron chi connectivity index (χ1n) is 12.2. The quantitative estimate of drug-likeness (QED) is 0.322. The van der Waals surface area contributed by atoms with Crippen molar-refractivity contribution in [3.63, 3.8) is 0 Å². The van der Waals surface area contributed by atoms with Crippen LogP contribution in [0.2, 0.25) is 0 Å². The van der Waals surface area contributed by atoms with Crippen molar-refractivity contribution < 1.29 is 9.59 Å². The molecule has 0 unspecified atom stereocenters. The van der Waals surface area contributed by atoms with Gasteiger partial charge in [-0.2, -0.15) is 0 Å². The fourth-order valence-corrected chi connectivity index (χ4v) is 4.70. The van der Waals surface area contributed by atoms with Crippen molar-refractivity contribution in [3.8, 4) is 11.4 Å². The van der Waals surface area contributed by atoms with Crippen LogP contribution in [0.5, 0.6) is 0 Å². The number of nitrogens with zero attached hydrogens (tertiary/aromatic N) is 2. The van der Waals surface area contributed by atoms with Crippen LogP contribution in [0.1, 0.15) is 49.4 Å². The van der Waals surface area contributed by atoms with Crippen LogP contribution in [-0.2, 0) is 4.79 Å². The van der Waals surface area contributed by atoms with Gasteiger partial charge in [-0.1, -0.05) is 19.4 Å². The molecular weight excluding hydrogens is 438 g/mol. The van der Waals surface area contributed by atoms with Crippen molar-refractivity contribution in [2.45, 2.75) is 39.0 Å². The molecule has 1 aliphatic rings. The number of aromatic amines is 1. The Kier molecular flexibility index (Phi) is 6.57. The van der Waals surface area contributed by atoms with Gasteiger partial charge < -0.3 is 15.6 Å². The average molecular weight is 468 g/mol. The number of hydrogen-bond donors (Lipinski definition) is 3. The summed E-state index contributed by atoms with van der Waals surface area (Å²) in [6.07, 6.45) is 7.08. The van der Waals surface area contributed by atoms with Crippen LogP contribution in [0.25, 0.3) is 22.4 Å². The highest BCUT2D eigenvalue weighted by atomic mass is 16.2. The highest BCUT2D eigenvalue weighted by molar-refractivity contribution is 6.05. The molecule has 2 amide bonds. The van der Waals surface area contributed by atoms with Gasteiger partial charge in [0.2, 0.25) is 5.91 Å². The second-order valence-corrected chi connectivity index (χ2v) is 9.18. The number of aromatic nitrogens is 3. The summed E-state index contributed by atoms with van der Waals surface area (Å²) in [6.45, 7) is 2.23. The van der Waals surface area contributed by atoms with Gasteiger partial charge in [0, 0.05) is 28.9 Å². The van der Waals surface area contributed by atoms with Crippen LogP contribution in [0.4, 0.5) is 11.5 Å². The number of imidazole rings is 1. The zero-order chi connectivity index (χ0) is 24.2. The van der Waals surface area contributed by atoms with Gasteiger partial charge in [-0.05, 0) is 86.2 Å². The molecule has 1 saturated carbocycles. The maximum Gasteiger partial charge on any atom is 0.256 e. The van der Waals surface area contributed by atoms with E-state index in [1.165, 1.54) is 6.42 Å². The lowest BCUT2D eigenvalue weighted by Gasteiger charge is -2.26. The monoisotopic (exact) mass is 467 g/mol. The minimum Gasteiger partial charge on any atom is -0.338 e. The van der Waals surface area contributed by atoms with E-state index in [1.807, 2.05) is 36.4 Å². The smallest absolute Gasteiger partial charge is 0.256 e. The predicted molar refractivity (Wildman–Crippen MR) is 138 cm³/mol. The van der Waals surface area contributed by atoms with Gasteiger partial charge in [0.1, 0.15) is 11.6 Å². The van der Waals surface area contributed by atoms with Crippen molar-refractivity contribution in [1.82, 2.24) is 15.0 Å². The summed E-state index contributed by atoms with van der Waals surface area (Å²) in [5.41, 5.74) is 3.76. The lowest BCUT2D eigenvalue weighted by Crippen LogP contribution is -2.27. The molecule has 35 heavy (non-hydrogen) atoms. The van der Waals surface area contributed by atoms with E-state index in [9.17, 15) is 9.59 Å². The highest BCUT2D eigenvalue weighted by Crippen LogP contribution is 2.31. The number of rotatable bonds is 6. The normalized spacial score (nSPS) is 17.7. The molecule has 0 radical (unpaired) electrons. The van der Waals surface area contributed by atoms with Crippen LogP contribution in [0, 0.1) is 11.8 Å². The van der Waals surface area contributed by atoms with Crippen LogP contribution in [0.15, 0.2) is 66.9 Å². The second kappa shape index (κ2) is 10.1. The van der Waals surface area contributed by atoms with Gasteiger partial charge in [0.25, 0.3) is 5.91 Å². The molecule has 2 aromatic heterocycles. The van der Waals surface area contributed by atoms with Crippen molar-refractivity contribution in [2.75, 3.05) is 10.6 Å². The first kappa shape index (κ1) is 22.8. The maximum absolute atomic E-state index is 12.7. The number of benzene rings is 2. The molecule has 2 aromatic carbocycles. The van der Waals surface area contributed by atoms with E-state index in [-0.39, 0.29) is 17.7 Å². The molecule has 0 bridgehead atoms. The minimum atomic E-state index is -0.231. The Morgan fingerprint density at radius 2 is 1.77 bits per heavy atom. The van der Waals surface area contributed by atoms with Gasteiger partial charge in [-0.15, -0.1) is 0 Å². The van der Waals surface area contributed by atoms with Gasteiger partial charge in [0.15, 0.2) is 0 Å².